The second-order valence-corrected chi connectivity index (χ2v) is 6.89. The lowest BCUT2D eigenvalue weighted by Crippen LogP contribution is -2.27. The van der Waals surface area contributed by atoms with Gasteiger partial charge >= 0.3 is 6.18 Å². The second-order valence-electron chi connectivity index (χ2n) is 5.84. The molecular formula is C19H19F3N2O2S. The molecule has 144 valence electrons. The van der Waals surface area contributed by atoms with Gasteiger partial charge in [0.15, 0.2) is 0 Å². The third-order valence-electron chi connectivity index (χ3n) is 3.81. The van der Waals surface area contributed by atoms with Gasteiger partial charge in [-0.25, -0.2) is 0 Å². The normalized spacial score (nSPS) is 11.1. The standard InChI is InChI=1S/C19H19F3N2O2S/c1-23-18(26)14-8-6-13(7-9-14)11-24(2)17(25)12-27-16-5-3-4-15(10-16)19(20,21)22/h3-10H,11-12H2,1-2H3,(H,23,26). The van der Waals surface area contributed by atoms with E-state index in [2.05, 4.69) is 5.32 Å². The number of nitrogens with one attached hydrogen (secondary N) is 1. The van der Waals surface area contributed by atoms with Gasteiger partial charge in [0, 0.05) is 31.1 Å². The van der Waals surface area contributed by atoms with Gasteiger partial charge < -0.3 is 10.2 Å². The van der Waals surface area contributed by atoms with Crippen LogP contribution in [-0.4, -0.2) is 36.6 Å². The molecular weight excluding hydrogens is 377 g/mol. The Hall–Kier alpha value is -2.48. The fourth-order valence-electron chi connectivity index (χ4n) is 2.29. The van der Waals surface area contributed by atoms with E-state index in [1.54, 1.807) is 44.4 Å². The third kappa shape index (κ3) is 6.02. The Labute approximate surface area is 159 Å². The van der Waals surface area contributed by atoms with Gasteiger partial charge in [-0.15, -0.1) is 11.8 Å². The molecule has 8 heteroatoms. The molecule has 0 unspecified atom stereocenters. The van der Waals surface area contributed by atoms with Crippen LogP contribution in [0.25, 0.3) is 0 Å². The Morgan fingerprint density at radius 2 is 1.78 bits per heavy atom. The highest BCUT2D eigenvalue weighted by molar-refractivity contribution is 8.00. The predicted octanol–water partition coefficient (Wildman–Crippen LogP) is 3.82. The number of amides is 2. The van der Waals surface area contributed by atoms with Crippen LogP contribution >= 0.6 is 11.8 Å². The van der Waals surface area contributed by atoms with Crippen LogP contribution in [0.15, 0.2) is 53.4 Å². The Morgan fingerprint density at radius 3 is 2.37 bits per heavy atom. The molecule has 0 aromatic heterocycles. The summed E-state index contributed by atoms with van der Waals surface area (Å²) in [6, 6.07) is 11.8. The fourth-order valence-corrected chi connectivity index (χ4v) is 3.18. The van der Waals surface area contributed by atoms with E-state index in [9.17, 15) is 22.8 Å². The minimum absolute atomic E-state index is 0.0358. The van der Waals surface area contributed by atoms with Crippen molar-refractivity contribution in [1.29, 1.82) is 0 Å². The van der Waals surface area contributed by atoms with Crippen molar-refractivity contribution < 1.29 is 22.8 Å². The maximum Gasteiger partial charge on any atom is 0.416 e. The molecule has 0 aliphatic carbocycles. The Bertz CT molecular complexity index is 807. The molecule has 1 N–H and O–H groups in total. The average Bonchev–Trinajstić information content (AvgIpc) is 2.65. The minimum atomic E-state index is -4.40. The molecule has 0 aliphatic rings. The van der Waals surface area contributed by atoms with Crippen molar-refractivity contribution in [1.82, 2.24) is 10.2 Å². The van der Waals surface area contributed by atoms with Crippen molar-refractivity contribution in [3.8, 4) is 0 Å². The zero-order valence-electron chi connectivity index (χ0n) is 14.8. The van der Waals surface area contributed by atoms with Crippen molar-refractivity contribution in [3.05, 3.63) is 65.2 Å². The van der Waals surface area contributed by atoms with Crippen LogP contribution in [0.2, 0.25) is 0 Å². The molecule has 4 nitrogen and oxygen atoms in total. The van der Waals surface area contributed by atoms with E-state index < -0.39 is 11.7 Å². The number of carbonyl (C=O) groups is 2. The highest BCUT2D eigenvalue weighted by Gasteiger charge is 2.30. The summed E-state index contributed by atoms with van der Waals surface area (Å²) in [5.74, 6) is -0.357. The molecule has 2 amide bonds. The van der Waals surface area contributed by atoms with E-state index in [1.807, 2.05) is 0 Å². The Balaban J connectivity index is 1.91. The average molecular weight is 396 g/mol. The van der Waals surface area contributed by atoms with Gasteiger partial charge in [-0.05, 0) is 35.9 Å². The molecule has 0 saturated heterocycles. The summed E-state index contributed by atoms with van der Waals surface area (Å²) in [7, 11) is 3.17. The number of hydrogen-bond acceptors (Lipinski definition) is 3. The van der Waals surface area contributed by atoms with Crippen LogP contribution in [-0.2, 0) is 17.5 Å². The van der Waals surface area contributed by atoms with E-state index in [0.717, 1.165) is 29.5 Å². The van der Waals surface area contributed by atoms with Crippen LogP contribution in [0.3, 0.4) is 0 Å². The van der Waals surface area contributed by atoms with Gasteiger partial charge in [0.25, 0.3) is 5.91 Å². The number of nitrogens with zero attached hydrogens (tertiary/aromatic N) is 1. The Morgan fingerprint density at radius 1 is 1.11 bits per heavy atom. The van der Waals surface area contributed by atoms with Crippen molar-refractivity contribution in [2.75, 3.05) is 19.8 Å². The smallest absolute Gasteiger partial charge is 0.355 e. The topological polar surface area (TPSA) is 49.4 Å². The molecule has 27 heavy (non-hydrogen) atoms. The lowest BCUT2D eigenvalue weighted by molar-refractivity contribution is -0.137. The minimum Gasteiger partial charge on any atom is -0.355 e. The number of rotatable bonds is 6. The molecule has 2 aromatic rings. The van der Waals surface area contributed by atoms with E-state index >= 15 is 0 Å². The number of thioether (sulfide) groups is 1. The summed E-state index contributed by atoms with van der Waals surface area (Å²) >= 11 is 1.06. The summed E-state index contributed by atoms with van der Waals surface area (Å²) in [5, 5.41) is 2.53. The van der Waals surface area contributed by atoms with Crippen molar-refractivity contribution >= 4 is 23.6 Å². The molecule has 0 atom stereocenters. The van der Waals surface area contributed by atoms with Crippen molar-refractivity contribution in [2.24, 2.45) is 0 Å². The van der Waals surface area contributed by atoms with E-state index in [1.165, 1.54) is 11.0 Å². The molecule has 0 bridgehead atoms. The summed E-state index contributed by atoms with van der Waals surface area (Å²) < 4.78 is 38.2. The number of halogens is 3. The quantitative estimate of drug-likeness (QED) is 0.756. The maximum absolute atomic E-state index is 12.7. The number of hydrogen-bond donors (Lipinski definition) is 1. The van der Waals surface area contributed by atoms with Crippen LogP contribution < -0.4 is 5.32 Å². The molecule has 0 saturated carbocycles. The third-order valence-corrected chi connectivity index (χ3v) is 4.79. The molecule has 0 heterocycles. The van der Waals surface area contributed by atoms with Crippen LogP contribution in [0.5, 0.6) is 0 Å². The highest BCUT2D eigenvalue weighted by atomic mass is 32.2. The SMILES string of the molecule is CNC(=O)c1ccc(CN(C)C(=O)CSc2cccc(C(F)(F)F)c2)cc1. The largest absolute Gasteiger partial charge is 0.416 e. The summed E-state index contributed by atoms with van der Waals surface area (Å²) in [6.45, 7) is 0.343. The zero-order chi connectivity index (χ0) is 20.0. The van der Waals surface area contributed by atoms with Gasteiger partial charge in [-0.3, -0.25) is 9.59 Å². The summed E-state index contributed by atoms with van der Waals surface area (Å²) in [6.07, 6.45) is -4.40. The fraction of sp³-hybridized carbons (Fsp3) is 0.263. The molecule has 0 fully saturated rings. The summed E-state index contributed by atoms with van der Waals surface area (Å²) in [5.41, 5.74) is 0.641. The number of alkyl halides is 3. The van der Waals surface area contributed by atoms with Crippen LogP contribution in [0, 0.1) is 0 Å². The lowest BCUT2D eigenvalue weighted by Gasteiger charge is -2.17. The monoisotopic (exact) mass is 396 g/mol. The predicted molar refractivity (Wildman–Crippen MR) is 98.5 cm³/mol. The first-order valence-electron chi connectivity index (χ1n) is 8.05. The molecule has 0 aliphatic heterocycles. The second kappa shape index (κ2) is 8.94. The highest BCUT2D eigenvalue weighted by Crippen LogP contribution is 2.31. The number of benzene rings is 2. The van der Waals surface area contributed by atoms with Gasteiger partial charge in [0.2, 0.25) is 5.91 Å². The van der Waals surface area contributed by atoms with E-state index in [-0.39, 0.29) is 17.6 Å². The molecule has 0 radical (unpaired) electrons. The first-order chi connectivity index (χ1) is 12.7. The first kappa shape index (κ1) is 20.8. The van der Waals surface area contributed by atoms with E-state index in [4.69, 9.17) is 0 Å². The van der Waals surface area contributed by atoms with Gasteiger partial charge in [-0.1, -0.05) is 18.2 Å². The maximum atomic E-state index is 12.7. The molecule has 0 spiro atoms. The van der Waals surface area contributed by atoms with E-state index in [0.29, 0.717) is 17.0 Å². The number of carbonyl (C=O) groups excluding carboxylic acids is 2. The summed E-state index contributed by atoms with van der Waals surface area (Å²) in [4.78, 5) is 25.6. The van der Waals surface area contributed by atoms with Crippen molar-refractivity contribution in [3.63, 3.8) is 0 Å². The Kier molecular flexibility index (Phi) is 6.90. The zero-order valence-corrected chi connectivity index (χ0v) is 15.7. The van der Waals surface area contributed by atoms with Crippen molar-refractivity contribution in [2.45, 2.75) is 17.6 Å². The van der Waals surface area contributed by atoms with Gasteiger partial charge in [0.1, 0.15) is 0 Å². The lowest BCUT2D eigenvalue weighted by atomic mass is 10.1. The molecule has 2 rings (SSSR count). The first-order valence-corrected chi connectivity index (χ1v) is 9.04. The van der Waals surface area contributed by atoms with Gasteiger partial charge in [-0.2, -0.15) is 13.2 Å². The van der Waals surface area contributed by atoms with Gasteiger partial charge in [0.05, 0.1) is 11.3 Å². The molecule has 2 aromatic carbocycles. The van der Waals surface area contributed by atoms with Crippen LogP contribution in [0.4, 0.5) is 13.2 Å². The van der Waals surface area contributed by atoms with Crippen LogP contribution in [0.1, 0.15) is 21.5 Å².